The third-order valence-electron chi connectivity index (χ3n) is 3.92. The first kappa shape index (κ1) is 18.5. The molecule has 130 valence electrons. The standard InChI is InChI=1S/C21H17IN2OS/c1-14-13-18(22)11-12-19(14)23-21(26)24-20(25)17-9-7-16(8-10-17)15-5-3-2-4-6-15/h2-13H,1H3,(H2,23,24,25,26). The fourth-order valence-electron chi connectivity index (χ4n) is 2.54. The van der Waals surface area contributed by atoms with Crippen molar-refractivity contribution in [2.45, 2.75) is 6.92 Å². The van der Waals surface area contributed by atoms with Crippen molar-refractivity contribution in [3.8, 4) is 11.1 Å². The van der Waals surface area contributed by atoms with Crippen molar-refractivity contribution in [3.63, 3.8) is 0 Å². The molecule has 0 aliphatic heterocycles. The molecule has 3 rings (SSSR count). The molecule has 0 radical (unpaired) electrons. The summed E-state index contributed by atoms with van der Waals surface area (Å²) < 4.78 is 1.15. The summed E-state index contributed by atoms with van der Waals surface area (Å²) in [5, 5.41) is 6.08. The van der Waals surface area contributed by atoms with Crippen LogP contribution in [0.25, 0.3) is 11.1 Å². The second kappa shape index (κ2) is 8.42. The van der Waals surface area contributed by atoms with E-state index in [9.17, 15) is 4.79 Å². The van der Waals surface area contributed by atoms with Gasteiger partial charge in [-0.3, -0.25) is 10.1 Å². The van der Waals surface area contributed by atoms with Crippen molar-refractivity contribution in [1.82, 2.24) is 5.32 Å². The number of hydrogen-bond donors (Lipinski definition) is 2. The maximum Gasteiger partial charge on any atom is 0.257 e. The van der Waals surface area contributed by atoms with E-state index in [0.29, 0.717) is 5.56 Å². The molecule has 0 unspecified atom stereocenters. The molecule has 0 fully saturated rings. The predicted octanol–water partition coefficient (Wildman–Crippen LogP) is 5.39. The maximum atomic E-state index is 12.4. The van der Waals surface area contributed by atoms with E-state index in [1.807, 2.05) is 61.5 Å². The quantitative estimate of drug-likeness (QED) is 0.397. The van der Waals surface area contributed by atoms with Crippen molar-refractivity contribution in [2.24, 2.45) is 0 Å². The topological polar surface area (TPSA) is 41.1 Å². The van der Waals surface area contributed by atoms with Crippen LogP contribution in [0.15, 0.2) is 72.8 Å². The third-order valence-corrected chi connectivity index (χ3v) is 4.79. The average molecular weight is 472 g/mol. The van der Waals surface area contributed by atoms with E-state index in [1.54, 1.807) is 12.1 Å². The molecule has 5 heteroatoms. The molecule has 26 heavy (non-hydrogen) atoms. The van der Waals surface area contributed by atoms with Gasteiger partial charge in [0.15, 0.2) is 5.11 Å². The smallest absolute Gasteiger partial charge is 0.257 e. The largest absolute Gasteiger partial charge is 0.332 e. The fourth-order valence-corrected chi connectivity index (χ4v) is 3.39. The maximum absolute atomic E-state index is 12.4. The Morgan fingerprint density at radius 1 is 0.923 bits per heavy atom. The second-order valence-corrected chi connectivity index (χ2v) is 7.46. The van der Waals surface area contributed by atoms with Gasteiger partial charge >= 0.3 is 0 Å². The molecule has 1 amide bonds. The number of aryl methyl sites for hydroxylation is 1. The van der Waals surface area contributed by atoms with Crippen molar-refractivity contribution in [3.05, 3.63) is 87.5 Å². The number of hydrogen-bond acceptors (Lipinski definition) is 2. The van der Waals surface area contributed by atoms with Crippen LogP contribution >= 0.6 is 34.8 Å². The van der Waals surface area contributed by atoms with Crippen molar-refractivity contribution >= 4 is 51.5 Å². The van der Waals surface area contributed by atoms with E-state index in [4.69, 9.17) is 12.2 Å². The lowest BCUT2D eigenvalue weighted by Crippen LogP contribution is -2.34. The summed E-state index contributed by atoms with van der Waals surface area (Å²) in [6, 6.07) is 23.5. The van der Waals surface area contributed by atoms with Crippen LogP contribution in [-0.2, 0) is 0 Å². The zero-order valence-electron chi connectivity index (χ0n) is 14.1. The Kier molecular flexibility index (Phi) is 6.00. The lowest BCUT2D eigenvalue weighted by molar-refractivity contribution is 0.0978. The van der Waals surface area contributed by atoms with Crippen LogP contribution < -0.4 is 10.6 Å². The van der Waals surface area contributed by atoms with Crippen molar-refractivity contribution < 1.29 is 4.79 Å². The van der Waals surface area contributed by atoms with E-state index < -0.39 is 0 Å². The highest BCUT2D eigenvalue weighted by atomic mass is 127. The molecule has 3 aromatic carbocycles. The third kappa shape index (κ3) is 4.68. The number of carbonyl (C=O) groups is 1. The van der Waals surface area contributed by atoms with Gasteiger partial charge in [0.05, 0.1) is 0 Å². The van der Waals surface area contributed by atoms with Gasteiger partial charge in [-0.15, -0.1) is 0 Å². The Morgan fingerprint density at radius 2 is 1.58 bits per heavy atom. The molecule has 0 saturated carbocycles. The SMILES string of the molecule is Cc1cc(I)ccc1NC(=S)NC(=O)c1ccc(-c2ccccc2)cc1. The minimum atomic E-state index is -0.231. The molecule has 0 aliphatic carbocycles. The van der Waals surface area contributed by atoms with Crippen LogP contribution in [-0.4, -0.2) is 11.0 Å². The lowest BCUT2D eigenvalue weighted by atomic mass is 10.0. The first-order valence-electron chi connectivity index (χ1n) is 8.07. The minimum absolute atomic E-state index is 0.231. The van der Waals surface area contributed by atoms with E-state index in [2.05, 4.69) is 39.3 Å². The highest BCUT2D eigenvalue weighted by Gasteiger charge is 2.09. The summed E-state index contributed by atoms with van der Waals surface area (Å²) in [4.78, 5) is 12.4. The van der Waals surface area contributed by atoms with E-state index in [0.717, 1.165) is 25.9 Å². The number of anilines is 1. The van der Waals surface area contributed by atoms with Crippen molar-refractivity contribution in [2.75, 3.05) is 5.32 Å². The summed E-state index contributed by atoms with van der Waals surface area (Å²) in [7, 11) is 0. The lowest BCUT2D eigenvalue weighted by Gasteiger charge is -2.12. The molecule has 3 nitrogen and oxygen atoms in total. The van der Waals surface area contributed by atoms with Gasteiger partial charge < -0.3 is 5.32 Å². The Bertz CT molecular complexity index is 940. The minimum Gasteiger partial charge on any atom is -0.332 e. The Morgan fingerprint density at radius 3 is 2.23 bits per heavy atom. The molecule has 0 bridgehead atoms. The summed E-state index contributed by atoms with van der Waals surface area (Å²) in [5.74, 6) is -0.231. The number of carbonyl (C=O) groups excluding carboxylic acids is 1. The Hall–Kier alpha value is -2.25. The molecule has 0 atom stereocenters. The first-order valence-corrected chi connectivity index (χ1v) is 9.55. The summed E-state index contributed by atoms with van der Waals surface area (Å²) in [6.07, 6.45) is 0. The van der Waals surface area contributed by atoms with Crippen LogP contribution in [0, 0.1) is 10.5 Å². The second-order valence-electron chi connectivity index (χ2n) is 5.81. The molecule has 3 aromatic rings. The highest BCUT2D eigenvalue weighted by Crippen LogP contribution is 2.20. The molecular formula is C21H17IN2OS. The number of nitrogens with one attached hydrogen (secondary N) is 2. The predicted molar refractivity (Wildman–Crippen MR) is 119 cm³/mol. The Balaban J connectivity index is 1.65. The van der Waals surface area contributed by atoms with Gasteiger partial charge in [0.1, 0.15) is 0 Å². The fraction of sp³-hybridized carbons (Fsp3) is 0.0476. The molecule has 0 aliphatic rings. The molecule has 2 N–H and O–H groups in total. The normalized spacial score (nSPS) is 10.2. The molecule has 0 spiro atoms. The van der Waals surface area contributed by atoms with Crippen LogP contribution in [0.1, 0.15) is 15.9 Å². The average Bonchev–Trinajstić information content (AvgIpc) is 2.65. The molecular weight excluding hydrogens is 455 g/mol. The number of amides is 1. The van der Waals surface area contributed by atoms with Crippen LogP contribution in [0.2, 0.25) is 0 Å². The summed E-state index contributed by atoms with van der Waals surface area (Å²) in [5.41, 5.74) is 4.70. The van der Waals surface area contributed by atoms with Gasteiger partial charge in [-0.1, -0.05) is 42.5 Å². The van der Waals surface area contributed by atoms with Gasteiger partial charge in [0.25, 0.3) is 5.91 Å². The van der Waals surface area contributed by atoms with E-state index in [1.165, 1.54) is 0 Å². The number of thiocarbonyl (C=S) groups is 1. The van der Waals surface area contributed by atoms with Crippen LogP contribution in [0.5, 0.6) is 0 Å². The Labute approximate surface area is 172 Å². The van der Waals surface area contributed by atoms with Crippen molar-refractivity contribution in [1.29, 1.82) is 0 Å². The number of halogens is 1. The van der Waals surface area contributed by atoms with E-state index >= 15 is 0 Å². The van der Waals surface area contributed by atoms with Gasteiger partial charge in [-0.25, -0.2) is 0 Å². The molecule has 0 aromatic heterocycles. The molecule has 0 heterocycles. The number of benzene rings is 3. The van der Waals surface area contributed by atoms with Gasteiger partial charge in [-0.2, -0.15) is 0 Å². The van der Waals surface area contributed by atoms with E-state index in [-0.39, 0.29) is 11.0 Å². The van der Waals surface area contributed by atoms with Gasteiger partial charge in [0, 0.05) is 14.8 Å². The highest BCUT2D eigenvalue weighted by molar-refractivity contribution is 14.1. The monoisotopic (exact) mass is 472 g/mol. The summed E-state index contributed by atoms with van der Waals surface area (Å²) >= 11 is 7.52. The number of rotatable bonds is 3. The van der Waals surface area contributed by atoms with Gasteiger partial charge in [-0.05, 0) is 88.8 Å². The first-order chi connectivity index (χ1) is 12.5. The zero-order valence-corrected chi connectivity index (χ0v) is 17.1. The van der Waals surface area contributed by atoms with Crippen LogP contribution in [0.4, 0.5) is 5.69 Å². The van der Waals surface area contributed by atoms with Gasteiger partial charge in [0.2, 0.25) is 0 Å². The zero-order chi connectivity index (χ0) is 18.5. The summed E-state index contributed by atoms with van der Waals surface area (Å²) in [6.45, 7) is 2.00. The molecule has 0 saturated heterocycles. The van der Waals surface area contributed by atoms with Crippen LogP contribution in [0.3, 0.4) is 0 Å².